The van der Waals surface area contributed by atoms with Crippen molar-refractivity contribution in [3.63, 3.8) is 0 Å². The van der Waals surface area contributed by atoms with Crippen molar-refractivity contribution in [2.75, 3.05) is 45.4 Å². The molecule has 1 N–H and O–H groups in total. The van der Waals surface area contributed by atoms with Crippen LogP contribution in [0.3, 0.4) is 0 Å². The molecule has 2 aromatic carbocycles. The number of aromatic nitrogens is 3. The summed E-state index contributed by atoms with van der Waals surface area (Å²) in [7, 11) is 2.74. The number of pyridine rings is 1. The van der Waals surface area contributed by atoms with Gasteiger partial charge in [0.2, 0.25) is 0 Å². The van der Waals surface area contributed by atoms with Gasteiger partial charge in [-0.3, -0.25) is 4.90 Å². The number of aromatic carboxylic acids is 1. The summed E-state index contributed by atoms with van der Waals surface area (Å²) in [4.78, 5) is 25.4. The number of carboxylic acids is 1. The predicted molar refractivity (Wildman–Crippen MR) is 166 cm³/mol. The fourth-order valence-corrected chi connectivity index (χ4v) is 5.97. The van der Waals surface area contributed by atoms with Crippen LogP contribution < -0.4 is 19.1 Å². The van der Waals surface area contributed by atoms with Crippen LogP contribution in [-0.4, -0.2) is 83.1 Å². The Hall–Kier alpha value is -4.63. The molecule has 0 aliphatic carbocycles. The van der Waals surface area contributed by atoms with Gasteiger partial charge in [0, 0.05) is 37.8 Å². The van der Waals surface area contributed by atoms with Crippen molar-refractivity contribution < 1.29 is 46.4 Å². The first-order valence-electron chi connectivity index (χ1n) is 15.4. The lowest BCUT2D eigenvalue weighted by Crippen LogP contribution is -2.52. The largest absolute Gasteiger partial charge is 0.496 e. The third-order valence-electron chi connectivity index (χ3n) is 8.76. The average molecular weight is 674 g/mol. The Morgan fingerprint density at radius 2 is 1.83 bits per heavy atom. The molecule has 0 radical (unpaired) electrons. The maximum atomic E-state index is 14.7. The summed E-state index contributed by atoms with van der Waals surface area (Å²) < 4.78 is 78.1. The standard InChI is InChI=1S/C33H35F4N5O6/c1-19-15-41(28-7-6-24(34)31(39-28)48-18-20-4-5-22(33(35,36)37)14-26(20)45-2)10-9-40(19)17-29-38-30-25(42(29)16-23-8-11-47-23)12-21(32(43)44)13-27(30)46-3/h4-7,12-14,19,23H,8-11,15-18H2,1-3H3,(H,43,44)/t19-,23+/m0/s1. The molecule has 48 heavy (non-hydrogen) atoms. The monoisotopic (exact) mass is 673 g/mol. The minimum Gasteiger partial charge on any atom is -0.496 e. The molecule has 2 saturated heterocycles. The van der Waals surface area contributed by atoms with Gasteiger partial charge in [-0.2, -0.15) is 18.2 Å². The van der Waals surface area contributed by atoms with E-state index in [-0.39, 0.29) is 35.9 Å². The van der Waals surface area contributed by atoms with Crippen LogP contribution in [0.15, 0.2) is 42.5 Å². The van der Waals surface area contributed by atoms with E-state index in [1.807, 2.05) is 9.47 Å². The first-order chi connectivity index (χ1) is 22.9. The third-order valence-corrected chi connectivity index (χ3v) is 8.76. The number of imidazole rings is 1. The summed E-state index contributed by atoms with van der Waals surface area (Å²) in [5, 5.41) is 9.69. The van der Waals surface area contributed by atoms with E-state index < -0.39 is 23.5 Å². The normalized spacial score (nSPS) is 18.5. The molecule has 2 aromatic heterocycles. The van der Waals surface area contributed by atoms with Crippen LogP contribution in [0.25, 0.3) is 11.0 Å². The maximum Gasteiger partial charge on any atom is 0.416 e. The molecule has 2 atom stereocenters. The highest BCUT2D eigenvalue weighted by Crippen LogP contribution is 2.34. The number of nitrogens with zero attached hydrogens (tertiary/aromatic N) is 5. The number of methoxy groups -OCH3 is 2. The number of anilines is 1. The molecule has 0 amide bonds. The zero-order valence-electron chi connectivity index (χ0n) is 26.6. The SMILES string of the molecule is COc1cc(C(F)(F)F)ccc1COc1nc(N2CCN(Cc3nc4c(OC)cc(C(=O)O)cc4n3C[C@H]3CCO3)[C@@H](C)C2)ccc1F. The second-order valence-electron chi connectivity index (χ2n) is 11.8. The molecule has 2 fully saturated rings. The highest BCUT2D eigenvalue weighted by molar-refractivity contribution is 5.95. The van der Waals surface area contributed by atoms with Gasteiger partial charge in [0.1, 0.15) is 35.3 Å². The zero-order valence-corrected chi connectivity index (χ0v) is 26.6. The van der Waals surface area contributed by atoms with E-state index in [1.54, 1.807) is 12.1 Å². The molecule has 4 heterocycles. The molecule has 6 rings (SSSR count). The first kappa shape index (κ1) is 33.3. The van der Waals surface area contributed by atoms with E-state index in [0.29, 0.717) is 67.5 Å². The maximum absolute atomic E-state index is 14.7. The molecule has 11 nitrogen and oxygen atoms in total. The fraction of sp³-hybridized carbons (Fsp3) is 0.424. The van der Waals surface area contributed by atoms with Gasteiger partial charge in [-0.25, -0.2) is 14.2 Å². The fourth-order valence-electron chi connectivity index (χ4n) is 5.97. The molecule has 4 aromatic rings. The van der Waals surface area contributed by atoms with Gasteiger partial charge < -0.3 is 33.5 Å². The minimum absolute atomic E-state index is 0.0104. The third kappa shape index (κ3) is 6.83. The van der Waals surface area contributed by atoms with Gasteiger partial charge in [-0.1, -0.05) is 6.07 Å². The van der Waals surface area contributed by atoms with Crippen LogP contribution >= 0.6 is 0 Å². The van der Waals surface area contributed by atoms with Crippen LogP contribution in [0.2, 0.25) is 0 Å². The van der Waals surface area contributed by atoms with Crippen LogP contribution in [0.5, 0.6) is 17.4 Å². The summed E-state index contributed by atoms with van der Waals surface area (Å²) in [6.45, 7) is 5.27. The van der Waals surface area contributed by atoms with Crippen LogP contribution in [-0.2, 0) is 30.6 Å². The van der Waals surface area contributed by atoms with Gasteiger partial charge >= 0.3 is 12.1 Å². The number of piperazine rings is 1. The lowest BCUT2D eigenvalue weighted by molar-refractivity contribution is -0.137. The Kier molecular flexibility index (Phi) is 9.34. The second kappa shape index (κ2) is 13.5. The topological polar surface area (TPSA) is 111 Å². The van der Waals surface area contributed by atoms with Crippen molar-refractivity contribution in [1.82, 2.24) is 19.4 Å². The number of fused-ring (bicyclic) bond motifs is 1. The zero-order chi connectivity index (χ0) is 34.2. The molecule has 256 valence electrons. The number of rotatable bonds is 11. The van der Waals surface area contributed by atoms with Crippen molar-refractivity contribution in [1.29, 1.82) is 0 Å². The van der Waals surface area contributed by atoms with Gasteiger partial charge in [0.15, 0.2) is 5.82 Å². The average Bonchev–Trinajstić information content (AvgIpc) is 3.38. The molecule has 0 bridgehead atoms. The molecular formula is C33H35F4N5O6. The van der Waals surface area contributed by atoms with Gasteiger partial charge in [-0.15, -0.1) is 0 Å². The second-order valence-corrected chi connectivity index (χ2v) is 11.8. The van der Waals surface area contributed by atoms with E-state index in [4.69, 9.17) is 23.9 Å². The summed E-state index contributed by atoms with van der Waals surface area (Å²) in [5.74, 6) is -0.418. The van der Waals surface area contributed by atoms with Crippen molar-refractivity contribution in [3.05, 3.63) is 70.8 Å². The summed E-state index contributed by atoms with van der Waals surface area (Å²) >= 11 is 0. The number of hydrogen-bond acceptors (Lipinski definition) is 9. The Bertz CT molecular complexity index is 1810. The van der Waals surface area contributed by atoms with E-state index >= 15 is 0 Å². The number of halogens is 4. The number of hydrogen-bond donors (Lipinski definition) is 1. The summed E-state index contributed by atoms with van der Waals surface area (Å²) in [6, 6.07) is 8.96. The molecule has 0 spiro atoms. The number of carbonyl (C=O) groups is 1. The Morgan fingerprint density at radius 1 is 1.06 bits per heavy atom. The number of carboxylic acid groups (broad SMARTS) is 1. The lowest BCUT2D eigenvalue weighted by atomic mass is 10.1. The van der Waals surface area contributed by atoms with E-state index in [1.165, 1.54) is 32.4 Å². The van der Waals surface area contributed by atoms with E-state index in [0.717, 1.165) is 24.4 Å². The molecule has 0 saturated carbocycles. The first-order valence-corrected chi connectivity index (χ1v) is 15.4. The van der Waals surface area contributed by atoms with Crippen LogP contribution in [0.1, 0.15) is 40.7 Å². The highest BCUT2D eigenvalue weighted by atomic mass is 19.4. The molecule has 2 aliphatic rings. The number of alkyl halides is 3. The van der Waals surface area contributed by atoms with Crippen LogP contribution in [0.4, 0.5) is 23.4 Å². The van der Waals surface area contributed by atoms with Gasteiger partial charge in [-0.05, 0) is 49.7 Å². The van der Waals surface area contributed by atoms with Crippen molar-refractivity contribution in [2.24, 2.45) is 0 Å². The van der Waals surface area contributed by atoms with Crippen molar-refractivity contribution in [3.8, 4) is 17.4 Å². The summed E-state index contributed by atoms with van der Waals surface area (Å²) in [6.07, 6.45) is -3.62. The Balaban J connectivity index is 1.17. The van der Waals surface area contributed by atoms with Gasteiger partial charge in [0.05, 0.1) is 50.1 Å². The molecule has 2 aliphatic heterocycles. The molecule has 15 heteroatoms. The molecular weight excluding hydrogens is 638 g/mol. The number of ether oxygens (including phenoxy) is 4. The Labute approximate surface area is 273 Å². The summed E-state index contributed by atoms with van der Waals surface area (Å²) in [5.41, 5.74) is 0.808. The highest BCUT2D eigenvalue weighted by Gasteiger charge is 2.32. The van der Waals surface area contributed by atoms with E-state index in [9.17, 15) is 27.5 Å². The van der Waals surface area contributed by atoms with Crippen molar-refractivity contribution >= 4 is 22.8 Å². The predicted octanol–water partition coefficient (Wildman–Crippen LogP) is 5.38. The molecule has 0 unspecified atom stereocenters. The van der Waals surface area contributed by atoms with Crippen molar-refractivity contribution in [2.45, 2.75) is 51.4 Å². The smallest absolute Gasteiger partial charge is 0.416 e. The quantitative estimate of drug-likeness (QED) is 0.208. The Morgan fingerprint density at radius 3 is 2.48 bits per heavy atom. The van der Waals surface area contributed by atoms with Gasteiger partial charge in [0.25, 0.3) is 5.88 Å². The lowest BCUT2D eigenvalue weighted by Gasteiger charge is -2.40. The minimum atomic E-state index is -4.53. The van der Waals surface area contributed by atoms with E-state index in [2.05, 4.69) is 16.8 Å². The van der Waals surface area contributed by atoms with Crippen LogP contribution in [0, 0.1) is 5.82 Å². The number of benzene rings is 2.